The van der Waals surface area contributed by atoms with E-state index in [1.807, 2.05) is 0 Å². The predicted octanol–water partition coefficient (Wildman–Crippen LogP) is 5.09. The Kier molecular flexibility index (Phi) is 5.79. The Morgan fingerprint density at radius 2 is 1.84 bits per heavy atom. The molecule has 0 radical (unpaired) electrons. The number of rotatable bonds is 5. The zero-order valence-electron chi connectivity index (χ0n) is 20.0. The van der Waals surface area contributed by atoms with Crippen LogP contribution in [-0.4, -0.2) is 50.8 Å². The molecule has 2 saturated heterocycles. The van der Waals surface area contributed by atoms with Gasteiger partial charge in [0.2, 0.25) is 0 Å². The van der Waals surface area contributed by atoms with Gasteiger partial charge in [-0.15, -0.1) is 0 Å². The summed E-state index contributed by atoms with van der Waals surface area (Å²) >= 11 is 0. The predicted molar refractivity (Wildman–Crippen MR) is 120 cm³/mol. The molecule has 7 heteroatoms. The number of hydrogen-bond acceptors (Lipinski definition) is 5. The average molecular weight is 453 g/mol. The molecule has 2 saturated carbocycles. The molecule has 1 unspecified atom stereocenters. The van der Waals surface area contributed by atoms with Crippen LogP contribution in [0.25, 0.3) is 0 Å². The number of carboxylic acids is 1. The van der Waals surface area contributed by atoms with Gasteiger partial charge in [0.25, 0.3) is 0 Å². The van der Waals surface area contributed by atoms with Crippen LogP contribution in [0.5, 0.6) is 0 Å². The fraction of sp³-hybridized carbons (Fsp3) is 0.875. The van der Waals surface area contributed by atoms with E-state index in [-0.39, 0.29) is 29.3 Å². The molecule has 1 N–H and O–H groups in total. The van der Waals surface area contributed by atoms with Gasteiger partial charge in [0.15, 0.2) is 20.9 Å². The van der Waals surface area contributed by atoms with E-state index < -0.39 is 31.6 Å². The minimum Gasteiger partial charge on any atom is -0.481 e. The van der Waals surface area contributed by atoms with Gasteiger partial charge in [-0.2, -0.15) is 0 Å². The fourth-order valence-electron chi connectivity index (χ4n) is 6.37. The van der Waals surface area contributed by atoms with Crippen LogP contribution in [0.15, 0.2) is 12.2 Å². The first-order chi connectivity index (χ1) is 14.4. The second-order valence-electron chi connectivity index (χ2n) is 11.7. The van der Waals surface area contributed by atoms with Crippen molar-refractivity contribution in [3.63, 3.8) is 0 Å². The van der Waals surface area contributed by atoms with Crippen molar-refractivity contribution in [2.24, 2.45) is 17.3 Å². The van der Waals surface area contributed by atoms with Crippen molar-refractivity contribution in [1.29, 1.82) is 0 Å². The Balaban J connectivity index is 1.73. The lowest BCUT2D eigenvalue weighted by atomic mass is 9.63. The Morgan fingerprint density at radius 1 is 1.19 bits per heavy atom. The first-order valence-corrected chi connectivity index (χ1v) is 14.7. The lowest BCUT2D eigenvalue weighted by Crippen LogP contribution is -2.59. The maximum absolute atomic E-state index is 12.6. The summed E-state index contributed by atoms with van der Waals surface area (Å²) in [6.07, 6.45) is 4.60. The van der Waals surface area contributed by atoms with Crippen molar-refractivity contribution < 1.29 is 28.5 Å². The van der Waals surface area contributed by atoms with Crippen LogP contribution in [0, 0.1) is 17.3 Å². The molecule has 0 aromatic rings. The van der Waals surface area contributed by atoms with E-state index in [9.17, 15) is 9.90 Å². The molecule has 6 atom stereocenters. The summed E-state index contributed by atoms with van der Waals surface area (Å²) in [5, 5.41) is 10.4. The smallest absolute Gasteiger partial charge is 0.310 e. The van der Waals surface area contributed by atoms with E-state index in [0.29, 0.717) is 19.3 Å². The number of carboxylic acid groups (broad SMARTS) is 1. The summed E-state index contributed by atoms with van der Waals surface area (Å²) < 4.78 is 25.5. The molecular formula is C24H40O6Si. The van der Waals surface area contributed by atoms with Crippen molar-refractivity contribution in [2.45, 2.75) is 108 Å². The molecule has 4 aliphatic rings. The zero-order chi connectivity index (χ0) is 22.8. The summed E-state index contributed by atoms with van der Waals surface area (Å²) in [5.41, 5.74) is -0.456. The minimum absolute atomic E-state index is 0.0219. The normalized spacial score (nSPS) is 40.1. The molecular weight excluding hydrogens is 412 g/mol. The Morgan fingerprint density at radius 3 is 2.39 bits per heavy atom. The highest BCUT2D eigenvalue weighted by Gasteiger charge is 2.69. The van der Waals surface area contributed by atoms with E-state index in [2.05, 4.69) is 40.4 Å². The molecule has 2 aliphatic carbocycles. The van der Waals surface area contributed by atoms with Crippen LogP contribution < -0.4 is 0 Å². The van der Waals surface area contributed by atoms with Crippen molar-refractivity contribution in [3.8, 4) is 0 Å². The van der Waals surface area contributed by atoms with Crippen LogP contribution in [-0.2, 0) is 23.4 Å². The van der Waals surface area contributed by atoms with Gasteiger partial charge in [-0.1, -0.05) is 52.2 Å². The third kappa shape index (κ3) is 3.46. The van der Waals surface area contributed by atoms with Crippen molar-refractivity contribution in [2.75, 3.05) is 7.11 Å². The van der Waals surface area contributed by atoms with E-state index in [1.54, 1.807) is 7.11 Å². The van der Waals surface area contributed by atoms with Gasteiger partial charge in [0.05, 0.1) is 11.5 Å². The van der Waals surface area contributed by atoms with E-state index in [4.69, 9.17) is 18.6 Å². The third-order valence-corrected chi connectivity index (χ3v) is 13.5. The molecule has 4 fully saturated rings. The monoisotopic (exact) mass is 452 g/mol. The Labute approximate surface area is 187 Å². The molecule has 6 nitrogen and oxygen atoms in total. The van der Waals surface area contributed by atoms with Gasteiger partial charge < -0.3 is 23.7 Å². The first-order valence-electron chi connectivity index (χ1n) is 11.8. The van der Waals surface area contributed by atoms with Crippen molar-refractivity contribution >= 4 is 14.3 Å². The SMILES string of the molecule is C=C1[C@H]2C[C@H](O[C@@H]3OC(OC)C[C@@]32O[Si](C)(C)C(C)(C)C)[C@H]1C1(C(=O)O)CCCCC1. The highest BCUT2D eigenvalue weighted by molar-refractivity contribution is 6.74. The van der Waals surface area contributed by atoms with Crippen LogP contribution in [0.1, 0.15) is 65.7 Å². The van der Waals surface area contributed by atoms with Crippen LogP contribution in [0.2, 0.25) is 18.1 Å². The molecule has 0 aromatic carbocycles. The largest absolute Gasteiger partial charge is 0.481 e. The summed E-state index contributed by atoms with van der Waals surface area (Å²) in [6, 6.07) is 0. The molecule has 0 aromatic heterocycles. The van der Waals surface area contributed by atoms with E-state index >= 15 is 0 Å². The highest BCUT2D eigenvalue weighted by atomic mass is 28.4. The molecule has 176 valence electrons. The molecule has 4 rings (SSSR count). The number of hydrogen-bond donors (Lipinski definition) is 1. The van der Waals surface area contributed by atoms with Crippen LogP contribution >= 0.6 is 0 Å². The van der Waals surface area contributed by atoms with Gasteiger partial charge >= 0.3 is 5.97 Å². The summed E-state index contributed by atoms with van der Waals surface area (Å²) in [4.78, 5) is 12.6. The standard InChI is InChI=1S/C24H40O6Si/c1-15-16-13-17(19(15)23(20(25)26)11-9-8-10-12-23)28-21-24(16,14-18(27-5)29-21)30-31(6,7)22(2,3)4/h16-19,21H,1,8-14H2,2-7H3,(H,25,26)/t16-,17+,18?,19+,21-,24+/m1/s1. The highest BCUT2D eigenvalue weighted by Crippen LogP contribution is 2.63. The second-order valence-corrected chi connectivity index (χ2v) is 16.4. The number of methoxy groups -OCH3 is 1. The fourth-order valence-corrected chi connectivity index (χ4v) is 7.95. The van der Waals surface area contributed by atoms with Crippen LogP contribution in [0.4, 0.5) is 0 Å². The Hall–Kier alpha value is -0.733. The lowest BCUT2D eigenvalue weighted by Gasteiger charge is -2.49. The molecule has 31 heavy (non-hydrogen) atoms. The van der Waals surface area contributed by atoms with Gasteiger partial charge in [-0.05, 0) is 37.4 Å². The van der Waals surface area contributed by atoms with E-state index in [0.717, 1.165) is 31.3 Å². The number of aliphatic carboxylic acids is 1. The zero-order valence-corrected chi connectivity index (χ0v) is 21.0. The quantitative estimate of drug-likeness (QED) is 0.462. The molecule has 2 aliphatic heterocycles. The van der Waals surface area contributed by atoms with Gasteiger partial charge in [-0.3, -0.25) is 4.79 Å². The molecule has 0 amide bonds. The Bertz CT molecular complexity index is 737. The van der Waals surface area contributed by atoms with Gasteiger partial charge in [0, 0.05) is 25.4 Å². The van der Waals surface area contributed by atoms with Crippen LogP contribution in [0.3, 0.4) is 0 Å². The summed E-state index contributed by atoms with van der Waals surface area (Å²) in [5.74, 6) is -0.867. The topological polar surface area (TPSA) is 74.2 Å². The van der Waals surface area contributed by atoms with Gasteiger partial charge in [0.1, 0.15) is 5.60 Å². The summed E-state index contributed by atoms with van der Waals surface area (Å²) in [7, 11) is -0.522. The molecule has 0 spiro atoms. The minimum atomic E-state index is -2.17. The lowest BCUT2D eigenvalue weighted by molar-refractivity contribution is -0.270. The summed E-state index contributed by atoms with van der Waals surface area (Å²) in [6.45, 7) is 15.7. The maximum Gasteiger partial charge on any atom is 0.310 e. The molecule has 2 heterocycles. The average Bonchev–Trinajstić information content (AvgIpc) is 3.19. The number of carbonyl (C=O) groups is 1. The van der Waals surface area contributed by atoms with E-state index in [1.165, 1.54) is 0 Å². The molecule has 2 bridgehead atoms. The first kappa shape index (κ1) is 23.4. The second kappa shape index (κ2) is 7.66. The number of ether oxygens (including phenoxy) is 3. The van der Waals surface area contributed by atoms with Gasteiger partial charge in [-0.25, -0.2) is 0 Å². The third-order valence-electron chi connectivity index (χ3n) is 9.02. The van der Waals surface area contributed by atoms with Crippen molar-refractivity contribution in [3.05, 3.63) is 12.2 Å². The van der Waals surface area contributed by atoms with Crippen molar-refractivity contribution in [1.82, 2.24) is 0 Å². The number of fused-ring (bicyclic) bond motifs is 4. The maximum atomic E-state index is 12.6.